The van der Waals surface area contributed by atoms with Gasteiger partial charge in [0.15, 0.2) is 6.04 Å². The standard InChI is InChI=1S/C18H21N5O4S/c1-10-8-21(9-11(2)27-10)15(13-4-6-14(7-5-13)23(25)26)16-17(24)22-18(28-16)19-12(3)20-22/h4-7,10-11,15,24H,8-9H2,1-3H3/p+1/t10-,11+,15-/m0/s1. The Kier molecular flexibility index (Phi) is 4.77. The summed E-state index contributed by atoms with van der Waals surface area (Å²) in [6.07, 6.45) is 0.150. The van der Waals surface area contributed by atoms with Crippen LogP contribution < -0.4 is 4.90 Å². The van der Waals surface area contributed by atoms with E-state index in [1.54, 1.807) is 19.1 Å². The number of fused-ring (bicyclic) bond motifs is 1. The van der Waals surface area contributed by atoms with Crippen LogP contribution in [0.15, 0.2) is 24.3 Å². The molecule has 0 bridgehead atoms. The molecule has 1 aliphatic rings. The fourth-order valence-corrected chi connectivity index (χ4v) is 5.13. The molecule has 0 aliphatic carbocycles. The van der Waals surface area contributed by atoms with Gasteiger partial charge in [-0.1, -0.05) is 11.3 Å². The van der Waals surface area contributed by atoms with Gasteiger partial charge in [0, 0.05) is 17.7 Å². The lowest BCUT2D eigenvalue weighted by molar-refractivity contribution is -0.939. The Morgan fingerprint density at radius 2 is 1.96 bits per heavy atom. The van der Waals surface area contributed by atoms with Gasteiger partial charge in [-0.15, -0.1) is 5.10 Å². The van der Waals surface area contributed by atoms with Gasteiger partial charge in [-0.05, 0) is 32.9 Å². The van der Waals surface area contributed by atoms with Gasteiger partial charge >= 0.3 is 0 Å². The van der Waals surface area contributed by atoms with Crippen molar-refractivity contribution in [3.8, 4) is 5.88 Å². The minimum absolute atomic E-state index is 0.0451. The fraction of sp³-hybridized carbons (Fsp3) is 0.444. The van der Waals surface area contributed by atoms with Gasteiger partial charge in [0.05, 0.1) is 4.92 Å². The lowest BCUT2D eigenvalue weighted by atomic mass is 10.0. The molecule has 2 aromatic heterocycles. The third-order valence-electron chi connectivity index (χ3n) is 4.98. The summed E-state index contributed by atoms with van der Waals surface area (Å²) in [5.74, 6) is 0.671. The zero-order chi connectivity index (χ0) is 20.0. The van der Waals surface area contributed by atoms with Crippen molar-refractivity contribution in [2.45, 2.75) is 39.0 Å². The molecule has 0 radical (unpaired) electrons. The maximum atomic E-state index is 11.0. The average molecular weight is 404 g/mol. The third kappa shape index (κ3) is 3.34. The summed E-state index contributed by atoms with van der Waals surface area (Å²) in [5, 5.41) is 26.2. The van der Waals surface area contributed by atoms with Gasteiger partial charge in [-0.3, -0.25) is 10.1 Å². The van der Waals surface area contributed by atoms with E-state index in [2.05, 4.69) is 10.1 Å². The van der Waals surface area contributed by atoms with E-state index in [-0.39, 0.29) is 29.8 Å². The van der Waals surface area contributed by atoms with E-state index in [0.717, 1.165) is 23.5 Å². The molecular formula is C18H22N5O4S+. The molecule has 10 heteroatoms. The zero-order valence-electron chi connectivity index (χ0n) is 15.8. The lowest BCUT2D eigenvalue weighted by Gasteiger charge is -2.37. The number of nitro groups is 1. The van der Waals surface area contributed by atoms with Crippen LogP contribution in [0.4, 0.5) is 5.69 Å². The number of non-ortho nitro benzene ring substituents is 1. The Hall–Kier alpha value is -2.56. The van der Waals surface area contributed by atoms with Crippen LogP contribution in [0.25, 0.3) is 4.96 Å². The molecule has 0 spiro atoms. The number of benzene rings is 1. The van der Waals surface area contributed by atoms with Crippen molar-refractivity contribution < 1.29 is 19.7 Å². The molecule has 4 rings (SSSR count). The number of hydrogen-bond donors (Lipinski definition) is 2. The van der Waals surface area contributed by atoms with Gasteiger partial charge in [0.25, 0.3) is 5.69 Å². The molecule has 1 unspecified atom stereocenters. The van der Waals surface area contributed by atoms with Crippen LogP contribution in [0.1, 0.15) is 36.2 Å². The molecule has 1 aliphatic heterocycles. The Labute approximate surface area is 165 Å². The maximum Gasteiger partial charge on any atom is 0.269 e. The molecule has 3 aromatic rings. The molecule has 2 N–H and O–H groups in total. The molecule has 9 nitrogen and oxygen atoms in total. The van der Waals surface area contributed by atoms with Crippen LogP contribution in [0.5, 0.6) is 5.88 Å². The number of nitro benzene ring substituents is 1. The van der Waals surface area contributed by atoms with Crippen LogP contribution >= 0.6 is 11.3 Å². The average Bonchev–Trinajstić information content (AvgIpc) is 3.13. The molecule has 1 aromatic carbocycles. The summed E-state index contributed by atoms with van der Waals surface area (Å²) < 4.78 is 7.34. The van der Waals surface area contributed by atoms with E-state index in [4.69, 9.17) is 4.74 Å². The predicted octanol–water partition coefficient (Wildman–Crippen LogP) is 1.49. The predicted molar refractivity (Wildman–Crippen MR) is 103 cm³/mol. The number of aromatic nitrogens is 3. The smallest absolute Gasteiger partial charge is 0.269 e. The number of thiazole rings is 1. The topological polar surface area (TPSA) is 107 Å². The summed E-state index contributed by atoms with van der Waals surface area (Å²) in [6.45, 7) is 7.38. The summed E-state index contributed by atoms with van der Waals surface area (Å²) in [5.41, 5.74) is 0.946. The zero-order valence-corrected chi connectivity index (χ0v) is 16.6. The van der Waals surface area contributed by atoms with Gasteiger partial charge in [0.2, 0.25) is 10.8 Å². The number of nitrogens with one attached hydrogen (secondary N) is 1. The summed E-state index contributed by atoms with van der Waals surface area (Å²) in [4.78, 5) is 17.6. The van der Waals surface area contributed by atoms with E-state index in [9.17, 15) is 15.2 Å². The highest BCUT2D eigenvalue weighted by molar-refractivity contribution is 7.17. The first-order valence-corrected chi connectivity index (χ1v) is 9.94. The van der Waals surface area contributed by atoms with Crippen LogP contribution in [-0.4, -0.2) is 49.9 Å². The van der Waals surface area contributed by atoms with Crippen molar-refractivity contribution in [3.63, 3.8) is 0 Å². The number of aromatic hydroxyl groups is 1. The van der Waals surface area contributed by atoms with Crippen molar-refractivity contribution in [2.24, 2.45) is 0 Å². The van der Waals surface area contributed by atoms with Gasteiger partial charge < -0.3 is 14.7 Å². The largest absolute Gasteiger partial charge is 0.492 e. The van der Waals surface area contributed by atoms with E-state index in [1.165, 1.54) is 32.9 Å². The first-order chi connectivity index (χ1) is 13.3. The third-order valence-corrected chi connectivity index (χ3v) is 6.06. The number of aryl methyl sites for hydroxylation is 1. The minimum atomic E-state index is -0.409. The second-order valence-corrected chi connectivity index (χ2v) is 8.26. The number of ether oxygens (including phenoxy) is 1. The molecule has 4 atom stereocenters. The van der Waals surface area contributed by atoms with E-state index in [0.29, 0.717) is 10.8 Å². The van der Waals surface area contributed by atoms with Gasteiger partial charge in [-0.25, -0.2) is 4.98 Å². The van der Waals surface area contributed by atoms with Crippen molar-refractivity contribution in [3.05, 3.63) is 50.6 Å². The normalized spacial score (nSPS) is 23.8. The number of quaternary nitrogens is 1. The van der Waals surface area contributed by atoms with E-state index >= 15 is 0 Å². The number of rotatable bonds is 4. The fourth-order valence-electron chi connectivity index (χ4n) is 3.95. The van der Waals surface area contributed by atoms with Gasteiger partial charge in [-0.2, -0.15) is 4.52 Å². The SMILES string of the molecule is Cc1nc2sc([C@H](c3ccc([N+](=O)[O-])cc3)[NH+]3C[C@@H](C)O[C@@H](C)C3)c(O)n2n1. The number of morpholine rings is 1. The molecule has 1 fully saturated rings. The first-order valence-electron chi connectivity index (χ1n) is 9.13. The number of hydrogen-bond acceptors (Lipinski definition) is 7. The van der Waals surface area contributed by atoms with E-state index < -0.39 is 4.92 Å². The maximum absolute atomic E-state index is 11.0. The van der Waals surface area contributed by atoms with Gasteiger partial charge in [0.1, 0.15) is 36.0 Å². The van der Waals surface area contributed by atoms with Crippen molar-refractivity contribution in [1.29, 1.82) is 0 Å². The van der Waals surface area contributed by atoms with Crippen molar-refractivity contribution >= 4 is 22.0 Å². The lowest BCUT2D eigenvalue weighted by Crippen LogP contribution is -3.15. The van der Waals surface area contributed by atoms with Crippen LogP contribution in [-0.2, 0) is 4.74 Å². The summed E-state index contributed by atoms with van der Waals surface area (Å²) in [6, 6.07) is 6.35. The summed E-state index contributed by atoms with van der Waals surface area (Å²) >= 11 is 1.40. The highest BCUT2D eigenvalue weighted by Gasteiger charge is 2.37. The molecule has 0 saturated carbocycles. The first kappa shape index (κ1) is 18.8. The molecule has 0 amide bonds. The molecule has 3 heterocycles. The van der Waals surface area contributed by atoms with Crippen LogP contribution in [0, 0.1) is 17.0 Å². The molecule has 1 saturated heterocycles. The van der Waals surface area contributed by atoms with E-state index in [1.807, 2.05) is 13.8 Å². The Balaban J connectivity index is 1.81. The Morgan fingerprint density at radius 3 is 2.54 bits per heavy atom. The quantitative estimate of drug-likeness (QED) is 0.504. The Bertz CT molecular complexity index is 1010. The van der Waals surface area contributed by atoms with Crippen LogP contribution in [0.3, 0.4) is 0 Å². The summed E-state index contributed by atoms with van der Waals surface area (Å²) in [7, 11) is 0. The molecule has 28 heavy (non-hydrogen) atoms. The minimum Gasteiger partial charge on any atom is -0.492 e. The highest BCUT2D eigenvalue weighted by atomic mass is 32.1. The second-order valence-electron chi connectivity index (χ2n) is 7.25. The molecular weight excluding hydrogens is 382 g/mol. The Morgan fingerprint density at radius 1 is 1.32 bits per heavy atom. The van der Waals surface area contributed by atoms with Crippen molar-refractivity contribution in [2.75, 3.05) is 13.1 Å². The van der Waals surface area contributed by atoms with Crippen molar-refractivity contribution in [1.82, 2.24) is 14.6 Å². The highest BCUT2D eigenvalue weighted by Crippen LogP contribution is 2.35. The second kappa shape index (κ2) is 7.12. The molecule has 148 valence electrons. The van der Waals surface area contributed by atoms with Crippen LogP contribution in [0.2, 0.25) is 0 Å². The monoisotopic (exact) mass is 404 g/mol. The number of nitrogens with zero attached hydrogens (tertiary/aromatic N) is 4.